The molecule has 0 saturated carbocycles. The zero-order valence-electron chi connectivity index (χ0n) is 7.34. The van der Waals surface area contributed by atoms with E-state index < -0.39 is 0 Å². The van der Waals surface area contributed by atoms with Crippen LogP contribution in [0.25, 0.3) is 11.5 Å². The maximum atomic E-state index is 4.15. The molecule has 4 nitrogen and oxygen atoms in total. The van der Waals surface area contributed by atoms with E-state index in [-0.39, 0.29) is 12.4 Å². The zero-order chi connectivity index (χ0) is 8.39. The topological polar surface area (TPSA) is 43.6 Å². The Labute approximate surface area is 82.8 Å². The largest absolute Gasteiger partial charge is 0.315 e. The average Bonchev–Trinajstić information content (AvgIpc) is 2.53. The molecule has 0 bridgehead atoms. The van der Waals surface area contributed by atoms with Crippen molar-refractivity contribution in [3.8, 4) is 11.5 Å². The summed E-state index contributed by atoms with van der Waals surface area (Å²) in [5.74, 6) is 0.923. The summed E-state index contributed by atoms with van der Waals surface area (Å²) in [5.41, 5.74) is 0.867. The molecule has 0 fully saturated rings. The van der Waals surface area contributed by atoms with Crippen LogP contribution < -0.4 is 0 Å². The highest BCUT2D eigenvalue weighted by Crippen LogP contribution is 2.14. The molecule has 0 unspecified atom stereocenters. The normalized spacial score (nSPS) is 9.92. The summed E-state index contributed by atoms with van der Waals surface area (Å²) in [7, 11) is 0. The number of aryl methyl sites for hydroxylation is 1. The molecule has 0 radical (unpaired) electrons. The van der Waals surface area contributed by atoms with Crippen LogP contribution in [0.2, 0.25) is 0 Å². The van der Waals surface area contributed by atoms with Crippen molar-refractivity contribution in [1.29, 1.82) is 0 Å². The highest BCUT2D eigenvalue weighted by atomic mass is 35.5. The highest BCUT2D eigenvalue weighted by molar-refractivity contribution is 5.85. The minimum atomic E-state index is 0. The fraction of sp³-hybridized carbons (Fsp3) is 0.375. The number of rotatable bonds is 2. The van der Waals surface area contributed by atoms with Crippen molar-refractivity contribution in [3.63, 3.8) is 0 Å². The maximum Gasteiger partial charge on any atom is 0.163 e. The molecule has 5 heteroatoms. The van der Waals surface area contributed by atoms with Crippen molar-refractivity contribution in [2.45, 2.75) is 19.9 Å². The first-order valence-corrected chi connectivity index (χ1v) is 4.02. The lowest BCUT2D eigenvalue weighted by Crippen LogP contribution is -2.03. The maximum absolute atomic E-state index is 4.15. The molecule has 0 aromatic heterocycles. The van der Waals surface area contributed by atoms with E-state index in [1.54, 1.807) is 18.9 Å². The van der Waals surface area contributed by atoms with E-state index in [9.17, 15) is 0 Å². The van der Waals surface area contributed by atoms with Crippen LogP contribution in [0.5, 0.6) is 0 Å². The summed E-state index contributed by atoms with van der Waals surface area (Å²) in [4.78, 5) is 12.3. The summed E-state index contributed by atoms with van der Waals surface area (Å²) in [6, 6.07) is 0. The van der Waals surface area contributed by atoms with E-state index >= 15 is 0 Å². The quantitative estimate of drug-likeness (QED) is 0.737. The van der Waals surface area contributed by atoms with Gasteiger partial charge in [-0.15, -0.1) is 12.4 Å². The van der Waals surface area contributed by atoms with Gasteiger partial charge in [0, 0.05) is 6.54 Å². The fourth-order valence-corrected chi connectivity index (χ4v) is 1.23. The fourth-order valence-electron chi connectivity index (χ4n) is 1.23. The molecular formula is C8H11ClN4. The SMILES string of the molecule is CCCn1cncc2ncnc1-2.Cl. The molecule has 0 aromatic carbocycles. The van der Waals surface area contributed by atoms with Crippen molar-refractivity contribution in [1.82, 2.24) is 19.5 Å². The Hall–Kier alpha value is -1.16. The summed E-state index contributed by atoms with van der Waals surface area (Å²) < 4.78 is 2.02. The van der Waals surface area contributed by atoms with Crippen LogP contribution in [0.1, 0.15) is 13.3 Å². The number of imidazole rings is 1. The van der Waals surface area contributed by atoms with Crippen molar-refractivity contribution in [3.05, 3.63) is 18.9 Å². The third-order valence-corrected chi connectivity index (χ3v) is 1.75. The van der Waals surface area contributed by atoms with E-state index in [2.05, 4.69) is 21.9 Å². The molecule has 0 aromatic rings. The van der Waals surface area contributed by atoms with Gasteiger partial charge in [0.1, 0.15) is 12.0 Å². The van der Waals surface area contributed by atoms with Gasteiger partial charge in [-0.3, -0.25) is 0 Å². The van der Waals surface area contributed by atoms with Gasteiger partial charge in [-0.1, -0.05) is 6.92 Å². The summed E-state index contributed by atoms with van der Waals surface area (Å²) in [6.07, 6.45) is 6.17. The van der Waals surface area contributed by atoms with Crippen LogP contribution in [-0.2, 0) is 6.54 Å². The molecular weight excluding hydrogens is 188 g/mol. The molecule has 2 rings (SSSR count). The Kier molecular flexibility index (Phi) is 3.19. The van der Waals surface area contributed by atoms with Crippen molar-refractivity contribution >= 4 is 12.4 Å². The van der Waals surface area contributed by atoms with E-state index in [1.165, 1.54) is 0 Å². The molecule has 13 heavy (non-hydrogen) atoms. The van der Waals surface area contributed by atoms with Crippen LogP contribution in [0.15, 0.2) is 18.9 Å². The number of fused-ring (bicyclic) bond motifs is 1. The molecule has 2 aliphatic heterocycles. The predicted octanol–water partition coefficient (Wildman–Crippen LogP) is 1.61. The monoisotopic (exact) mass is 198 g/mol. The third kappa shape index (κ3) is 1.78. The first kappa shape index (κ1) is 9.92. The Morgan fingerprint density at radius 2 is 2.23 bits per heavy atom. The molecule has 2 aliphatic rings. The van der Waals surface area contributed by atoms with Gasteiger partial charge in [-0.2, -0.15) is 0 Å². The molecule has 0 spiro atoms. The lowest BCUT2D eigenvalue weighted by Gasteiger charge is -2.06. The Morgan fingerprint density at radius 3 is 3.00 bits per heavy atom. The van der Waals surface area contributed by atoms with Crippen LogP contribution in [0.3, 0.4) is 0 Å². The van der Waals surface area contributed by atoms with Gasteiger partial charge in [0.05, 0.1) is 12.5 Å². The number of halogens is 1. The Morgan fingerprint density at radius 1 is 1.38 bits per heavy atom. The molecule has 0 N–H and O–H groups in total. The minimum absolute atomic E-state index is 0. The number of hydrogen-bond donors (Lipinski definition) is 0. The average molecular weight is 199 g/mol. The molecule has 0 aliphatic carbocycles. The van der Waals surface area contributed by atoms with Crippen LogP contribution in [0.4, 0.5) is 0 Å². The molecule has 0 saturated heterocycles. The van der Waals surface area contributed by atoms with Gasteiger partial charge >= 0.3 is 0 Å². The molecule has 0 atom stereocenters. The van der Waals surface area contributed by atoms with E-state index in [0.29, 0.717) is 0 Å². The highest BCUT2D eigenvalue weighted by Gasteiger charge is 2.07. The number of aromatic nitrogens is 4. The second-order valence-electron chi connectivity index (χ2n) is 2.67. The smallest absolute Gasteiger partial charge is 0.163 e. The Balaban J connectivity index is 0.000000845. The summed E-state index contributed by atoms with van der Waals surface area (Å²) in [5, 5.41) is 0. The van der Waals surface area contributed by atoms with Gasteiger partial charge in [0.2, 0.25) is 0 Å². The van der Waals surface area contributed by atoms with Crippen LogP contribution >= 0.6 is 12.4 Å². The van der Waals surface area contributed by atoms with Gasteiger partial charge in [-0.05, 0) is 6.42 Å². The molecule has 2 heterocycles. The molecule has 70 valence electrons. The third-order valence-electron chi connectivity index (χ3n) is 1.75. The van der Waals surface area contributed by atoms with E-state index in [4.69, 9.17) is 0 Å². The predicted molar refractivity (Wildman–Crippen MR) is 52.0 cm³/mol. The van der Waals surface area contributed by atoms with Gasteiger partial charge in [0.15, 0.2) is 5.82 Å². The van der Waals surface area contributed by atoms with E-state index in [0.717, 1.165) is 24.5 Å². The van der Waals surface area contributed by atoms with Gasteiger partial charge < -0.3 is 4.57 Å². The number of hydrogen-bond acceptors (Lipinski definition) is 3. The Bertz CT molecular complexity index is 346. The van der Waals surface area contributed by atoms with Crippen LogP contribution in [0, 0.1) is 0 Å². The minimum Gasteiger partial charge on any atom is -0.315 e. The van der Waals surface area contributed by atoms with Crippen LogP contribution in [-0.4, -0.2) is 19.5 Å². The summed E-state index contributed by atoms with van der Waals surface area (Å²) >= 11 is 0. The lowest BCUT2D eigenvalue weighted by atomic mass is 10.4. The second-order valence-corrected chi connectivity index (χ2v) is 2.67. The standard InChI is InChI=1S/C8H10N4.ClH/c1-2-3-12-6-9-4-7-8(12)11-5-10-7;/h4-6H,2-3H2,1H3;1H. The lowest BCUT2D eigenvalue weighted by molar-refractivity contribution is 0.659. The van der Waals surface area contributed by atoms with E-state index in [1.807, 2.05) is 4.57 Å². The first-order valence-electron chi connectivity index (χ1n) is 4.02. The second kappa shape index (κ2) is 4.18. The van der Waals surface area contributed by atoms with Crippen molar-refractivity contribution in [2.75, 3.05) is 0 Å². The van der Waals surface area contributed by atoms with Gasteiger partial charge in [-0.25, -0.2) is 15.0 Å². The number of nitrogens with zero attached hydrogens (tertiary/aromatic N) is 4. The van der Waals surface area contributed by atoms with Crippen molar-refractivity contribution < 1.29 is 0 Å². The summed E-state index contributed by atoms with van der Waals surface area (Å²) in [6.45, 7) is 3.07. The zero-order valence-corrected chi connectivity index (χ0v) is 8.16. The van der Waals surface area contributed by atoms with Crippen molar-refractivity contribution in [2.24, 2.45) is 0 Å². The van der Waals surface area contributed by atoms with Gasteiger partial charge in [0.25, 0.3) is 0 Å². The molecule has 0 amide bonds. The first-order chi connectivity index (χ1) is 5.92.